The van der Waals surface area contributed by atoms with Crippen molar-refractivity contribution in [3.8, 4) is 0 Å². The van der Waals surface area contributed by atoms with Crippen LogP contribution in [0.5, 0.6) is 0 Å². The number of amides is 2. The molecule has 0 aliphatic carbocycles. The molecule has 0 saturated heterocycles. The molecule has 1 atom stereocenters. The van der Waals surface area contributed by atoms with Gasteiger partial charge in [-0.3, -0.25) is 14.4 Å². The molecule has 2 aromatic rings. The molecule has 1 aromatic heterocycles. The minimum Gasteiger partial charge on any atom is -0.469 e. The number of rotatable bonds is 8. The molecule has 2 rings (SSSR count). The second kappa shape index (κ2) is 9.73. The number of aromatic nitrogens is 1. The number of allylic oxidation sites excluding steroid dienone is 1. The molecule has 0 unspecified atom stereocenters. The fraction of sp³-hybridized carbons (Fsp3) is 0.381. The van der Waals surface area contributed by atoms with Gasteiger partial charge in [-0.25, -0.2) is 0 Å². The monoisotopic (exact) mass is 385 g/mol. The summed E-state index contributed by atoms with van der Waals surface area (Å²) >= 11 is 0. The Kier molecular flexibility index (Phi) is 7.37. The summed E-state index contributed by atoms with van der Waals surface area (Å²) in [4.78, 5) is 40.0. The number of para-hydroxylation sites is 1. The van der Waals surface area contributed by atoms with Gasteiger partial charge in [0.25, 0.3) is 0 Å². The van der Waals surface area contributed by atoms with E-state index in [1.54, 1.807) is 6.08 Å². The van der Waals surface area contributed by atoms with Gasteiger partial charge in [0.1, 0.15) is 6.04 Å². The number of esters is 1. The molecule has 7 nitrogen and oxygen atoms in total. The highest BCUT2D eigenvalue weighted by Gasteiger charge is 2.24. The topological polar surface area (TPSA) is 100 Å². The lowest BCUT2D eigenvalue weighted by Gasteiger charge is -2.18. The van der Waals surface area contributed by atoms with E-state index in [1.165, 1.54) is 14.2 Å². The highest BCUT2D eigenvalue weighted by Crippen LogP contribution is 2.19. The molecule has 0 fully saturated rings. The number of hydrogen-bond acceptors (Lipinski definition) is 4. The molecule has 150 valence electrons. The largest absolute Gasteiger partial charge is 0.469 e. The number of carbonyl (C=O) groups is 3. The summed E-state index contributed by atoms with van der Waals surface area (Å²) in [6.45, 7) is 3.82. The van der Waals surface area contributed by atoms with Crippen molar-refractivity contribution in [2.75, 3.05) is 14.2 Å². The van der Waals surface area contributed by atoms with Crippen LogP contribution < -0.4 is 10.6 Å². The van der Waals surface area contributed by atoms with Gasteiger partial charge in [-0.1, -0.05) is 38.1 Å². The van der Waals surface area contributed by atoms with Crippen LogP contribution in [-0.4, -0.2) is 43.0 Å². The number of likely N-dealkylation sites (N-methyl/N-ethyl adjacent to an activating group) is 1. The first-order valence-electron chi connectivity index (χ1n) is 9.20. The van der Waals surface area contributed by atoms with Gasteiger partial charge in [-0.05, 0) is 17.5 Å². The molecule has 2 amide bonds. The zero-order valence-electron chi connectivity index (χ0n) is 16.7. The molecule has 0 radical (unpaired) electrons. The number of nitrogens with one attached hydrogen (secondary N) is 3. The normalized spacial score (nSPS) is 12.7. The Bertz CT molecular complexity index is 883. The third kappa shape index (κ3) is 5.45. The van der Waals surface area contributed by atoms with Crippen molar-refractivity contribution in [3.63, 3.8) is 0 Å². The predicted molar refractivity (Wildman–Crippen MR) is 108 cm³/mol. The lowest BCUT2D eigenvalue weighted by molar-refractivity contribution is -0.140. The Hall–Kier alpha value is -3.09. The van der Waals surface area contributed by atoms with E-state index in [-0.39, 0.29) is 23.8 Å². The Morgan fingerprint density at radius 3 is 2.57 bits per heavy atom. The maximum Gasteiger partial charge on any atom is 0.310 e. The van der Waals surface area contributed by atoms with Gasteiger partial charge in [0.05, 0.1) is 13.5 Å². The van der Waals surface area contributed by atoms with Crippen molar-refractivity contribution in [3.05, 3.63) is 47.7 Å². The standard InChI is InChI=1S/C21H27N3O4/c1-13(2)9-14(11-19(25)28-4)20(26)24-18(21(27)22-3)10-15-12-23-17-8-6-5-7-16(15)17/h5-9,12-13,18,23H,10-11H2,1-4H3,(H,22,27)(H,24,26)/b14-9-/t18-/m0/s1. The lowest BCUT2D eigenvalue weighted by atomic mass is 10.0. The molecule has 0 spiro atoms. The summed E-state index contributed by atoms with van der Waals surface area (Å²) in [6.07, 6.45) is 3.72. The highest BCUT2D eigenvalue weighted by atomic mass is 16.5. The summed E-state index contributed by atoms with van der Waals surface area (Å²) in [7, 11) is 2.80. The van der Waals surface area contributed by atoms with E-state index in [0.717, 1.165) is 16.5 Å². The second-order valence-corrected chi connectivity index (χ2v) is 6.89. The molecule has 0 aliphatic heterocycles. The number of aromatic amines is 1. The Morgan fingerprint density at radius 2 is 1.93 bits per heavy atom. The summed E-state index contributed by atoms with van der Waals surface area (Å²) < 4.78 is 4.68. The van der Waals surface area contributed by atoms with Crippen LogP contribution in [0.2, 0.25) is 0 Å². The maximum atomic E-state index is 12.8. The molecule has 1 heterocycles. The second-order valence-electron chi connectivity index (χ2n) is 6.89. The molecule has 28 heavy (non-hydrogen) atoms. The van der Waals surface area contributed by atoms with Crippen molar-refractivity contribution in [1.29, 1.82) is 0 Å². The minimum atomic E-state index is -0.773. The third-order valence-corrected chi connectivity index (χ3v) is 4.36. The van der Waals surface area contributed by atoms with Gasteiger partial charge in [-0.15, -0.1) is 0 Å². The Labute approximate surface area is 164 Å². The fourth-order valence-corrected chi connectivity index (χ4v) is 3.00. The van der Waals surface area contributed by atoms with Crippen molar-refractivity contribution >= 4 is 28.7 Å². The third-order valence-electron chi connectivity index (χ3n) is 4.36. The van der Waals surface area contributed by atoms with Gasteiger partial charge < -0.3 is 20.4 Å². The SMILES string of the molecule is CNC(=O)[C@H](Cc1c[nH]c2ccccc12)NC(=O)/C(=C\C(C)C)CC(=O)OC. The number of fused-ring (bicyclic) bond motifs is 1. The van der Waals surface area contributed by atoms with E-state index in [0.29, 0.717) is 6.42 Å². The first-order chi connectivity index (χ1) is 13.3. The van der Waals surface area contributed by atoms with E-state index in [9.17, 15) is 14.4 Å². The van der Waals surface area contributed by atoms with Crippen molar-refractivity contribution < 1.29 is 19.1 Å². The number of carbonyl (C=O) groups excluding carboxylic acids is 3. The van der Waals surface area contributed by atoms with Crippen molar-refractivity contribution in [2.45, 2.75) is 32.7 Å². The quantitative estimate of drug-likeness (QED) is 0.478. The average molecular weight is 385 g/mol. The molecular formula is C21H27N3O4. The minimum absolute atomic E-state index is 0.0671. The average Bonchev–Trinajstić information content (AvgIpc) is 3.08. The predicted octanol–water partition coefficient (Wildman–Crippen LogP) is 2.09. The van der Waals surface area contributed by atoms with E-state index in [1.807, 2.05) is 44.3 Å². The van der Waals surface area contributed by atoms with Crippen LogP contribution in [0.3, 0.4) is 0 Å². The summed E-state index contributed by atoms with van der Waals surface area (Å²) in [5.74, 6) is -1.19. The van der Waals surface area contributed by atoms with E-state index >= 15 is 0 Å². The van der Waals surface area contributed by atoms with Gasteiger partial charge in [0.15, 0.2) is 0 Å². The molecule has 7 heteroatoms. The molecule has 0 saturated carbocycles. The Morgan fingerprint density at radius 1 is 1.21 bits per heavy atom. The van der Waals surface area contributed by atoms with E-state index in [2.05, 4.69) is 20.4 Å². The van der Waals surface area contributed by atoms with Gasteiger partial charge in [0.2, 0.25) is 11.8 Å². The number of methoxy groups -OCH3 is 1. The molecule has 3 N–H and O–H groups in total. The van der Waals surface area contributed by atoms with Crippen LogP contribution in [0.15, 0.2) is 42.1 Å². The zero-order chi connectivity index (χ0) is 20.7. The highest BCUT2D eigenvalue weighted by molar-refractivity contribution is 6.00. The number of hydrogen-bond donors (Lipinski definition) is 3. The van der Waals surface area contributed by atoms with E-state index < -0.39 is 17.9 Å². The molecule has 0 bridgehead atoms. The van der Waals surface area contributed by atoms with Gasteiger partial charge >= 0.3 is 5.97 Å². The summed E-state index contributed by atoms with van der Waals surface area (Å²) in [5.41, 5.74) is 2.17. The van der Waals surface area contributed by atoms with Crippen LogP contribution in [0.4, 0.5) is 0 Å². The fourth-order valence-electron chi connectivity index (χ4n) is 3.00. The molecular weight excluding hydrogens is 358 g/mol. The van der Waals surface area contributed by atoms with Crippen LogP contribution >= 0.6 is 0 Å². The van der Waals surface area contributed by atoms with E-state index in [4.69, 9.17) is 0 Å². The maximum absolute atomic E-state index is 12.8. The number of benzene rings is 1. The van der Waals surface area contributed by atoms with Gasteiger partial charge in [0, 0.05) is 36.1 Å². The lowest BCUT2D eigenvalue weighted by Crippen LogP contribution is -2.47. The summed E-state index contributed by atoms with van der Waals surface area (Å²) in [5, 5.41) is 6.35. The number of ether oxygens (including phenoxy) is 1. The number of H-pyrrole nitrogens is 1. The van der Waals surface area contributed by atoms with Crippen molar-refractivity contribution in [2.24, 2.45) is 5.92 Å². The van der Waals surface area contributed by atoms with Crippen LogP contribution in [0.1, 0.15) is 25.8 Å². The van der Waals surface area contributed by atoms with Crippen LogP contribution in [0.25, 0.3) is 10.9 Å². The smallest absolute Gasteiger partial charge is 0.310 e. The Balaban J connectivity index is 2.23. The van der Waals surface area contributed by atoms with Crippen LogP contribution in [-0.2, 0) is 25.5 Å². The van der Waals surface area contributed by atoms with Crippen molar-refractivity contribution in [1.82, 2.24) is 15.6 Å². The summed E-state index contributed by atoms with van der Waals surface area (Å²) in [6, 6.07) is 6.99. The zero-order valence-corrected chi connectivity index (χ0v) is 16.7. The first kappa shape index (κ1) is 21.2. The first-order valence-corrected chi connectivity index (χ1v) is 9.20. The van der Waals surface area contributed by atoms with Crippen LogP contribution in [0, 0.1) is 5.92 Å². The van der Waals surface area contributed by atoms with Gasteiger partial charge in [-0.2, -0.15) is 0 Å². The molecule has 0 aliphatic rings. The molecule has 1 aromatic carbocycles.